The summed E-state index contributed by atoms with van der Waals surface area (Å²) in [5, 5.41) is 5.98. The van der Waals surface area contributed by atoms with Gasteiger partial charge in [-0.2, -0.15) is 0 Å². The Labute approximate surface area is 337 Å². The maximum Gasteiger partial charge on any atom is 0.0710 e. The number of benzene rings is 9. The number of anilines is 3. The molecule has 9 aromatic carbocycles. The van der Waals surface area contributed by atoms with Gasteiger partial charge < -0.3 is 9.47 Å². The lowest BCUT2D eigenvalue weighted by Crippen LogP contribution is -2.10. The fourth-order valence-corrected chi connectivity index (χ4v) is 8.53. The van der Waals surface area contributed by atoms with Crippen LogP contribution in [0.15, 0.2) is 224 Å². The van der Waals surface area contributed by atoms with Gasteiger partial charge >= 0.3 is 0 Å². The van der Waals surface area contributed by atoms with Crippen molar-refractivity contribution in [2.75, 3.05) is 4.90 Å². The zero-order valence-corrected chi connectivity index (χ0v) is 31.7. The number of hydrogen-bond acceptors (Lipinski definition) is 2. The molecule has 0 radical (unpaired) electrons. The maximum atomic E-state index is 5.08. The normalized spacial score (nSPS) is 11.4. The minimum atomic E-state index is 0.962. The molecule has 0 atom stereocenters. The van der Waals surface area contributed by atoms with E-state index in [-0.39, 0.29) is 0 Å². The molecule has 0 fully saturated rings. The van der Waals surface area contributed by atoms with Crippen molar-refractivity contribution in [3.05, 3.63) is 224 Å². The van der Waals surface area contributed by atoms with Crippen molar-refractivity contribution in [1.82, 2.24) is 9.55 Å². The van der Waals surface area contributed by atoms with E-state index in [4.69, 9.17) is 4.98 Å². The van der Waals surface area contributed by atoms with Crippen molar-refractivity contribution in [2.24, 2.45) is 0 Å². The molecule has 11 aromatic rings. The SMILES string of the molecule is c1ccc(-c2ccc(-n3c4cc(-c5cccc(N(c6ccccc6)c6cccc7ccccc67)c5)ccc4c4ccc(-c5ccc6ccccc6n5)cc43)cc2)cc1. The van der Waals surface area contributed by atoms with Gasteiger partial charge in [0.1, 0.15) is 0 Å². The van der Waals surface area contributed by atoms with Crippen LogP contribution in [-0.2, 0) is 0 Å². The quantitative estimate of drug-likeness (QED) is 0.162. The summed E-state index contributed by atoms with van der Waals surface area (Å²) in [4.78, 5) is 7.45. The fourth-order valence-electron chi connectivity index (χ4n) is 8.53. The highest BCUT2D eigenvalue weighted by Crippen LogP contribution is 2.42. The Morgan fingerprint density at radius 3 is 1.72 bits per heavy atom. The highest BCUT2D eigenvalue weighted by Gasteiger charge is 2.18. The second-order valence-corrected chi connectivity index (χ2v) is 14.8. The summed E-state index contributed by atoms with van der Waals surface area (Å²) in [6.45, 7) is 0. The van der Waals surface area contributed by atoms with Crippen LogP contribution in [0.3, 0.4) is 0 Å². The van der Waals surface area contributed by atoms with Gasteiger partial charge in [-0.15, -0.1) is 0 Å². The summed E-state index contributed by atoms with van der Waals surface area (Å²) in [5.74, 6) is 0. The van der Waals surface area contributed by atoms with E-state index in [1.165, 1.54) is 32.7 Å². The Morgan fingerprint density at radius 1 is 0.345 bits per heavy atom. The number of aromatic nitrogens is 2. The number of hydrogen-bond donors (Lipinski definition) is 0. The molecule has 0 aliphatic heterocycles. The van der Waals surface area contributed by atoms with E-state index in [9.17, 15) is 0 Å². The lowest BCUT2D eigenvalue weighted by atomic mass is 10.0. The van der Waals surface area contributed by atoms with E-state index in [0.717, 1.165) is 67.1 Å². The van der Waals surface area contributed by atoms with Crippen LogP contribution in [0.1, 0.15) is 0 Å². The Morgan fingerprint density at radius 2 is 0.914 bits per heavy atom. The summed E-state index contributed by atoms with van der Waals surface area (Å²) >= 11 is 0. The van der Waals surface area contributed by atoms with Gasteiger partial charge in [0, 0.05) is 44.2 Å². The predicted molar refractivity (Wildman–Crippen MR) is 245 cm³/mol. The van der Waals surface area contributed by atoms with E-state index in [2.05, 4.69) is 234 Å². The number of nitrogens with zero attached hydrogens (tertiary/aromatic N) is 3. The van der Waals surface area contributed by atoms with E-state index in [0.29, 0.717) is 0 Å². The summed E-state index contributed by atoms with van der Waals surface area (Å²) in [7, 11) is 0. The lowest BCUT2D eigenvalue weighted by molar-refractivity contribution is 1.18. The van der Waals surface area contributed by atoms with E-state index in [1.807, 2.05) is 0 Å². The first-order chi connectivity index (χ1) is 28.7. The predicted octanol–water partition coefficient (Wildman–Crippen LogP) is 15.0. The number of pyridine rings is 1. The zero-order valence-electron chi connectivity index (χ0n) is 31.7. The lowest BCUT2D eigenvalue weighted by Gasteiger charge is -2.27. The van der Waals surface area contributed by atoms with Gasteiger partial charge in [0.2, 0.25) is 0 Å². The highest BCUT2D eigenvalue weighted by atomic mass is 15.1. The minimum Gasteiger partial charge on any atom is -0.310 e. The van der Waals surface area contributed by atoms with E-state index in [1.54, 1.807) is 0 Å². The molecule has 0 saturated heterocycles. The molecular formula is C55H37N3. The molecule has 0 bridgehead atoms. The monoisotopic (exact) mass is 739 g/mol. The standard InChI is InChI=1S/C55H37N3/c1-3-13-38(14-4-1)39-25-30-46(31-26-39)58-54-36-43(27-32-49(54)50-33-28-44(37-55(50)58)52-34-29-41-16-8-10-23-51(41)56-52)42-18-11-21-47(35-42)57(45-19-5-2-6-20-45)53-24-12-17-40-15-7-9-22-48(40)53/h1-37H. The summed E-state index contributed by atoms with van der Waals surface area (Å²) < 4.78 is 2.42. The van der Waals surface area contributed by atoms with Gasteiger partial charge in [-0.1, -0.05) is 158 Å². The van der Waals surface area contributed by atoms with Gasteiger partial charge in [-0.05, 0) is 94.4 Å². The van der Waals surface area contributed by atoms with Gasteiger partial charge in [-0.25, -0.2) is 4.98 Å². The van der Waals surface area contributed by atoms with Gasteiger partial charge in [0.15, 0.2) is 0 Å². The molecule has 58 heavy (non-hydrogen) atoms. The van der Waals surface area contributed by atoms with Gasteiger partial charge in [0.05, 0.1) is 27.9 Å². The molecule has 0 spiro atoms. The molecular weight excluding hydrogens is 703 g/mol. The number of fused-ring (bicyclic) bond motifs is 5. The Bertz CT molecular complexity index is 3270. The number of para-hydroxylation sites is 2. The third kappa shape index (κ3) is 5.89. The summed E-state index contributed by atoms with van der Waals surface area (Å²) in [5.41, 5.74) is 14.5. The summed E-state index contributed by atoms with van der Waals surface area (Å²) in [6, 6.07) is 80.6. The van der Waals surface area contributed by atoms with Crippen molar-refractivity contribution in [2.45, 2.75) is 0 Å². The average molecular weight is 740 g/mol. The molecule has 2 heterocycles. The first kappa shape index (κ1) is 33.6. The molecule has 0 aliphatic carbocycles. The van der Waals surface area contributed by atoms with Gasteiger partial charge in [-0.3, -0.25) is 0 Å². The van der Waals surface area contributed by atoms with E-state index < -0.39 is 0 Å². The van der Waals surface area contributed by atoms with Crippen molar-refractivity contribution in [3.63, 3.8) is 0 Å². The second kappa shape index (κ2) is 14.1. The van der Waals surface area contributed by atoms with Gasteiger partial charge in [0.25, 0.3) is 0 Å². The molecule has 2 aromatic heterocycles. The third-order valence-electron chi connectivity index (χ3n) is 11.4. The molecule has 3 heteroatoms. The molecule has 0 aliphatic rings. The Balaban J connectivity index is 1.08. The fraction of sp³-hybridized carbons (Fsp3) is 0. The molecule has 272 valence electrons. The minimum absolute atomic E-state index is 0.962. The third-order valence-corrected chi connectivity index (χ3v) is 11.4. The van der Waals surface area contributed by atoms with Crippen molar-refractivity contribution in [3.8, 4) is 39.2 Å². The number of rotatable bonds is 7. The zero-order chi connectivity index (χ0) is 38.4. The smallest absolute Gasteiger partial charge is 0.0710 e. The van der Waals surface area contributed by atoms with Crippen LogP contribution >= 0.6 is 0 Å². The Hall–Kier alpha value is -7.75. The van der Waals surface area contributed by atoms with Crippen LogP contribution in [0.2, 0.25) is 0 Å². The molecule has 0 saturated carbocycles. The van der Waals surface area contributed by atoms with Crippen molar-refractivity contribution < 1.29 is 0 Å². The second-order valence-electron chi connectivity index (χ2n) is 14.8. The van der Waals surface area contributed by atoms with E-state index >= 15 is 0 Å². The molecule has 0 unspecified atom stereocenters. The first-order valence-corrected chi connectivity index (χ1v) is 19.8. The van der Waals surface area contributed by atoms with Crippen LogP contribution in [0.5, 0.6) is 0 Å². The highest BCUT2D eigenvalue weighted by molar-refractivity contribution is 6.11. The van der Waals surface area contributed by atoms with Crippen LogP contribution in [-0.4, -0.2) is 9.55 Å². The average Bonchev–Trinajstić information content (AvgIpc) is 3.63. The van der Waals surface area contributed by atoms with Crippen LogP contribution < -0.4 is 4.90 Å². The Kier molecular flexibility index (Phi) is 8.15. The van der Waals surface area contributed by atoms with Crippen LogP contribution in [0.25, 0.3) is 82.7 Å². The largest absolute Gasteiger partial charge is 0.310 e. The molecule has 3 nitrogen and oxygen atoms in total. The first-order valence-electron chi connectivity index (χ1n) is 19.8. The molecule has 0 amide bonds. The van der Waals surface area contributed by atoms with Crippen LogP contribution in [0, 0.1) is 0 Å². The molecule has 11 rings (SSSR count). The maximum absolute atomic E-state index is 5.08. The van der Waals surface area contributed by atoms with Crippen molar-refractivity contribution in [1.29, 1.82) is 0 Å². The van der Waals surface area contributed by atoms with Crippen LogP contribution in [0.4, 0.5) is 17.1 Å². The summed E-state index contributed by atoms with van der Waals surface area (Å²) in [6.07, 6.45) is 0. The van der Waals surface area contributed by atoms with Crippen molar-refractivity contribution >= 4 is 60.5 Å². The topological polar surface area (TPSA) is 21.1 Å². The molecule has 0 N–H and O–H groups in total.